The third kappa shape index (κ3) is 4.73. The van der Waals surface area contributed by atoms with E-state index < -0.39 is 6.17 Å². The van der Waals surface area contributed by atoms with Gasteiger partial charge in [0.15, 0.2) is 0 Å². The fourth-order valence-electron chi connectivity index (χ4n) is 9.90. The van der Waals surface area contributed by atoms with E-state index in [4.69, 9.17) is 14.7 Å². The van der Waals surface area contributed by atoms with Crippen LogP contribution in [0.2, 0.25) is 0 Å². The summed E-state index contributed by atoms with van der Waals surface area (Å²) in [6.07, 6.45) is 8.62. The maximum Gasteiger partial charge on any atom is 0.318 e. The molecule has 9 rings (SSSR count). The smallest absolute Gasteiger partial charge is 0.318 e. The molecule has 238 valence electrons. The van der Waals surface area contributed by atoms with Crippen molar-refractivity contribution in [1.82, 2.24) is 20.2 Å². The molecule has 45 heavy (non-hydrogen) atoms. The van der Waals surface area contributed by atoms with Gasteiger partial charge in [-0.3, -0.25) is 4.90 Å². The van der Waals surface area contributed by atoms with Gasteiger partial charge in [0.05, 0.1) is 23.5 Å². The van der Waals surface area contributed by atoms with Crippen LogP contribution in [0.1, 0.15) is 62.6 Å². The summed E-state index contributed by atoms with van der Waals surface area (Å²) in [5.74, 6) is 1.38. The third-order valence-electron chi connectivity index (χ3n) is 11.8. The molecule has 10 heteroatoms. The van der Waals surface area contributed by atoms with Gasteiger partial charge in [0.25, 0.3) is 0 Å². The fraction of sp³-hybridized carbons (Fsp3) is 0.600. The van der Waals surface area contributed by atoms with Gasteiger partial charge in [-0.15, -0.1) is 0 Å². The molecule has 2 aromatic carbocycles. The molecule has 6 heterocycles. The minimum atomic E-state index is -0.820. The number of phenols is 1. The Labute approximate surface area is 262 Å². The van der Waals surface area contributed by atoms with Gasteiger partial charge < -0.3 is 25.0 Å². The minimum Gasteiger partial charge on any atom is -0.508 e. The molecule has 2 N–H and O–H groups in total. The Balaban J connectivity index is 1.06. The lowest BCUT2D eigenvalue weighted by atomic mass is 9.81. The van der Waals surface area contributed by atoms with Crippen molar-refractivity contribution in [2.24, 2.45) is 5.92 Å². The van der Waals surface area contributed by atoms with E-state index in [9.17, 15) is 9.50 Å². The van der Waals surface area contributed by atoms with Crippen LogP contribution in [0.3, 0.4) is 0 Å². The predicted octanol–water partition coefficient (Wildman–Crippen LogP) is 5.10. The highest BCUT2D eigenvalue weighted by Gasteiger charge is 2.57. The number of ether oxygens (including phenoxy) is 1. The van der Waals surface area contributed by atoms with E-state index in [0.717, 1.165) is 43.0 Å². The van der Waals surface area contributed by atoms with Crippen LogP contribution in [0.15, 0.2) is 30.3 Å². The maximum atomic E-state index is 15.2. The van der Waals surface area contributed by atoms with E-state index >= 15 is 4.39 Å². The average molecular weight is 617 g/mol. The zero-order valence-electron chi connectivity index (χ0n) is 25.7. The van der Waals surface area contributed by atoms with Crippen LogP contribution in [0, 0.1) is 11.7 Å². The fourth-order valence-corrected chi connectivity index (χ4v) is 9.90. The molecule has 5 aliphatic heterocycles. The molecular weight excluding hydrogens is 574 g/mol. The standard InChI is InChI=1S/C35H42F2N6O2/c36-23-15-35(14-22-4-1-2-7-30(22)43(35)16-23)20-45-34-39-29-19-41(31-13-26(44)12-21-5-3-6-28(37)32(21)31)11-10-27(29)33(40-34)42-17-24-8-9-25(18-42)38-24/h3,5-6,12-13,22-25,30,38,44H,1-2,4,7-11,14-20H2/t22-,23+,24?,25?,30-,35-/m1/s1. The first kappa shape index (κ1) is 28.0. The van der Waals surface area contributed by atoms with Gasteiger partial charge in [0.2, 0.25) is 0 Å². The second kappa shape index (κ2) is 10.7. The molecule has 0 radical (unpaired) electrons. The lowest BCUT2D eigenvalue weighted by molar-refractivity contribution is 0.0772. The van der Waals surface area contributed by atoms with Crippen LogP contribution in [0.4, 0.5) is 20.3 Å². The Morgan fingerprint density at radius 3 is 2.71 bits per heavy atom. The number of benzene rings is 2. The van der Waals surface area contributed by atoms with Crippen LogP contribution in [-0.2, 0) is 13.0 Å². The molecule has 1 aliphatic carbocycles. The van der Waals surface area contributed by atoms with Gasteiger partial charge in [0, 0.05) is 67.7 Å². The number of piperazine rings is 1. The van der Waals surface area contributed by atoms with Crippen molar-refractivity contribution in [2.75, 3.05) is 42.6 Å². The molecular formula is C35H42F2N6O2. The minimum absolute atomic E-state index is 0.112. The molecule has 0 amide bonds. The number of aromatic nitrogens is 2. The SMILES string of the molecule is Oc1cc(N2CCc3c(nc(OC[C@@]45C[C@H](F)CN4[C@@H]4CCCC[C@@H]4C5)nc3N3CC4CCC(C3)N4)C2)c2c(F)cccc2c1. The van der Waals surface area contributed by atoms with E-state index in [-0.39, 0.29) is 17.1 Å². The van der Waals surface area contributed by atoms with Crippen LogP contribution in [0.25, 0.3) is 10.8 Å². The average Bonchev–Trinajstić information content (AvgIpc) is 3.65. The quantitative estimate of drug-likeness (QED) is 0.410. The highest BCUT2D eigenvalue weighted by Crippen LogP contribution is 2.51. The molecule has 2 unspecified atom stereocenters. The number of hydrogen-bond donors (Lipinski definition) is 2. The van der Waals surface area contributed by atoms with Crippen LogP contribution in [-0.4, -0.2) is 82.6 Å². The largest absolute Gasteiger partial charge is 0.508 e. The zero-order chi connectivity index (χ0) is 30.3. The first-order chi connectivity index (χ1) is 21.9. The number of rotatable bonds is 5. The Bertz CT molecular complexity index is 1630. The summed E-state index contributed by atoms with van der Waals surface area (Å²) < 4.78 is 36.7. The van der Waals surface area contributed by atoms with Gasteiger partial charge >= 0.3 is 6.01 Å². The molecule has 1 saturated carbocycles. The highest BCUT2D eigenvalue weighted by atomic mass is 19.1. The van der Waals surface area contributed by atoms with Crippen molar-refractivity contribution in [2.45, 2.75) is 94.2 Å². The number of anilines is 2. The van der Waals surface area contributed by atoms with Crippen LogP contribution >= 0.6 is 0 Å². The summed E-state index contributed by atoms with van der Waals surface area (Å²) in [7, 11) is 0. The summed E-state index contributed by atoms with van der Waals surface area (Å²) >= 11 is 0. The van der Waals surface area contributed by atoms with Crippen molar-refractivity contribution in [3.8, 4) is 11.8 Å². The van der Waals surface area contributed by atoms with Gasteiger partial charge in [-0.2, -0.15) is 9.97 Å². The molecule has 0 spiro atoms. The molecule has 1 aromatic heterocycles. The summed E-state index contributed by atoms with van der Waals surface area (Å²) in [4.78, 5) is 17.1. The molecule has 4 saturated heterocycles. The van der Waals surface area contributed by atoms with Gasteiger partial charge in [-0.05, 0) is 62.0 Å². The van der Waals surface area contributed by atoms with E-state index in [0.29, 0.717) is 85.6 Å². The number of aromatic hydroxyl groups is 1. The lowest BCUT2D eigenvalue weighted by Gasteiger charge is -2.38. The summed E-state index contributed by atoms with van der Waals surface area (Å²) in [6.45, 7) is 3.83. The Morgan fingerprint density at radius 2 is 1.84 bits per heavy atom. The van der Waals surface area contributed by atoms with E-state index in [2.05, 4.69) is 20.0 Å². The normalized spacial score (nSPS) is 32.5. The third-order valence-corrected chi connectivity index (χ3v) is 11.8. The van der Waals surface area contributed by atoms with Gasteiger partial charge in [-0.1, -0.05) is 25.0 Å². The van der Waals surface area contributed by atoms with E-state index in [1.807, 2.05) is 6.07 Å². The maximum absolute atomic E-state index is 15.2. The van der Waals surface area contributed by atoms with Gasteiger partial charge in [0.1, 0.15) is 30.2 Å². The van der Waals surface area contributed by atoms with Crippen LogP contribution in [0.5, 0.6) is 11.8 Å². The number of nitrogens with zero attached hydrogens (tertiary/aromatic N) is 5. The van der Waals surface area contributed by atoms with Crippen molar-refractivity contribution in [1.29, 1.82) is 0 Å². The summed E-state index contributed by atoms with van der Waals surface area (Å²) in [6, 6.07) is 9.97. The highest BCUT2D eigenvalue weighted by molar-refractivity contribution is 5.96. The van der Waals surface area contributed by atoms with Crippen LogP contribution < -0.4 is 19.9 Å². The first-order valence-corrected chi connectivity index (χ1v) is 17.0. The molecule has 3 aromatic rings. The second-order valence-corrected chi connectivity index (χ2v) is 14.6. The number of hydrogen-bond acceptors (Lipinski definition) is 8. The summed E-state index contributed by atoms with van der Waals surface area (Å²) in [5.41, 5.74) is 2.38. The van der Waals surface area contributed by atoms with Crippen molar-refractivity contribution < 1.29 is 18.6 Å². The molecule has 2 bridgehead atoms. The summed E-state index contributed by atoms with van der Waals surface area (Å²) in [5, 5.41) is 15.5. The lowest BCUT2D eigenvalue weighted by Crippen LogP contribution is -2.52. The van der Waals surface area contributed by atoms with Gasteiger partial charge in [-0.25, -0.2) is 8.78 Å². The molecule has 6 aliphatic rings. The van der Waals surface area contributed by atoms with E-state index in [1.165, 1.54) is 38.2 Å². The van der Waals surface area contributed by atoms with Crippen molar-refractivity contribution in [3.05, 3.63) is 47.4 Å². The number of nitrogens with one attached hydrogen (secondary N) is 1. The molecule has 5 fully saturated rings. The Kier molecular flexibility index (Phi) is 6.64. The number of phenolic OH excluding ortho intramolecular Hbond substituents is 1. The predicted molar refractivity (Wildman–Crippen MR) is 169 cm³/mol. The van der Waals surface area contributed by atoms with Crippen molar-refractivity contribution >= 4 is 22.3 Å². The second-order valence-electron chi connectivity index (χ2n) is 14.6. The monoisotopic (exact) mass is 616 g/mol. The van der Waals surface area contributed by atoms with E-state index in [1.54, 1.807) is 18.2 Å². The molecule has 8 nitrogen and oxygen atoms in total. The van der Waals surface area contributed by atoms with Crippen molar-refractivity contribution in [3.63, 3.8) is 0 Å². The number of halogens is 2. The number of alkyl halides is 1. The Morgan fingerprint density at radius 1 is 1.00 bits per heavy atom. The number of fused-ring (bicyclic) bond motifs is 7. The molecule has 6 atom stereocenters. The topological polar surface area (TPSA) is 77.0 Å². The zero-order valence-corrected chi connectivity index (χ0v) is 25.7. The Hall–Kier alpha value is -3.24. The first-order valence-electron chi connectivity index (χ1n) is 17.0.